The summed E-state index contributed by atoms with van der Waals surface area (Å²) < 4.78 is 37.6. The number of nitrogens with one attached hydrogen (secondary N) is 2. The van der Waals surface area contributed by atoms with Crippen LogP contribution in [0.5, 0.6) is 0 Å². The van der Waals surface area contributed by atoms with Crippen molar-refractivity contribution >= 4 is 17.3 Å². The van der Waals surface area contributed by atoms with Gasteiger partial charge in [-0.05, 0) is 24.1 Å². The van der Waals surface area contributed by atoms with Gasteiger partial charge in [0.1, 0.15) is 6.04 Å². The third-order valence-electron chi connectivity index (χ3n) is 2.86. The zero-order valence-corrected chi connectivity index (χ0v) is 9.93. The molecule has 0 radical (unpaired) electrons. The summed E-state index contributed by atoms with van der Waals surface area (Å²) in [4.78, 5) is 11.7. The second kappa shape index (κ2) is 4.19. The molecule has 1 unspecified atom stereocenters. The number of halogens is 3. The van der Waals surface area contributed by atoms with Crippen molar-refractivity contribution in [3.63, 3.8) is 0 Å². The van der Waals surface area contributed by atoms with Crippen molar-refractivity contribution in [2.75, 3.05) is 10.6 Å². The second-order valence-electron chi connectivity index (χ2n) is 4.61. The van der Waals surface area contributed by atoms with Gasteiger partial charge in [-0.2, -0.15) is 13.2 Å². The van der Waals surface area contributed by atoms with Gasteiger partial charge >= 0.3 is 6.18 Å². The minimum atomic E-state index is -4.41. The SMILES string of the molecule is CC(C)C1Nc2ccc(C(F)(F)F)cc2NC1=O. The standard InChI is InChI=1S/C12H13F3N2O/c1-6(2)10-11(18)17-9-5-7(12(13,14)15)3-4-8(9)16-10/h3-6,10,16H,1-2H3,(H,17,18). The van der Waals surface area contributed by atoms with Gasteiger partial charge in [0.2, 0.25) is 5.91 Å². The summed E-state index contributed by atoms with van der Waals surface area (Å²) in [5.41, 5.74) is -0.0839. The van der Waals surface area contributed by atoms with E-state index in [9.17, 15) is 18.0 Å². The molecule has 0 fully saturated rings. The lowest BCUT2D eigenvalue weighted by Crippen LogP contribution is -2.42. The van der Waals surface area contributed by atoms with Crippen LogP contribution in [0.15, 0.2) is 18.2 Å². The van der Waals surface area contributed by atoms with Gasteiger partial charge in [0.05, 0.1) is 16.9 Å². The number of hydrogen-bond acceptors (Lipinski definition) is 2. The van der Waals surface area contributed by atoms with Crippen LogP contribution in [-0.4, -0.2) is 11.9 Å². The number of benzene rings is 1. The maximum atomic E-state index is 12.5. The van der Waals surface area contributed by atoms with Gasteiger partial charge in [-0.15, -0.1) is 0 Å². The first kappa shape index (κ1) is 12.7. The highest BCUT2D eigenvalue weighted by Gasteiger charge is 2.33. The van der Waals surface area contributed by atoms with Gasteiger partial charge in [0, 0.05) is 0 Å². The maximum absolute atomic E-state index is 12.5. The third kappa shape index (κ3) is 2.27. The Labute approximate surface area is 102 Å². The molecule has 0 saturated heterocycles. The third-order valence-corrected chi connectivity index (χ3v) is 2.86. The highest BCUT2D eigenvalue weighted by molar-refractivity contribution is 6.03. The zero-order valence-electron chi connectivity index (χ0n) is 9.93. The minimum Gasteiger partial charge on any atom is -0.372 e. The average Bonchev–Trinajstić information content (AvgIpc) is 2.25. The Balaban J connectivity index is 2.35. The van der Waals surface area contributed by atoms with Crippen LogP contribution in [0.1, 0.15) is 19.4 Å². The Morgan fingerprint density at radius 2 is 1.89 bits per heavy atom. The molecule has 0 spiro atoms. The number of carbonyl (C=O) groups excluding carboxylic acids is 1. The molecule has 1 aromatic rings. The number of alkyl halides is 3. The second-order valence-corrected chi connectivity index (χ2v) is 4.61. The largest absolute Gasteiger partial charge is 0.416 e. The molecule has 1 aliphatic rings. The molecule has 3 nitrogen and oxygen atoms in total. The van der Waals surface area contributed by atoms with E-state index >= 15 is 0 Å². The molecule has 6 heteroatoms. The van der Waals surface area contributed by atoms with E-state index in [1.807, 2.05) is 13.8 Å². The first-order chi connectivity index (χ1) is 8.29. The van der Waals surface area contributed by atoms with Crippen molar-refractivity contribution in [2.24, 2.45) is 5.92 Å². The first-order valence-corrected chi connectivity index (χ1v) is 5.57. The lowest BCUT2D eigenvalue weighted by molar-refractivity contribution is -0.137. The van der Waals surface area contributed by atoms with Crippen LogP contribution >= 0.6 is 0 Å². The van der Waals surface area contributed by atoms with Crippen LogP contribution in [0.25, 0.3) is 0 Å². The number of fused-ring (bicyclic) bond motifs is 1. The summed E-state index contributed by atoms with van der Waals surface area (Å²) in [6, 6.07) is 2.86. The highest BCUT2D eigenvalue weighted by Crippen LogP contribution is 2.36. The molecule has 0 bridgehead atoms. The van der Waals surface area contributed by atoms with Crippen LogP contribution in [0.3, 0.4) is 0 Å². The normalized spacial score (nSPS) is 19.2. The lowest BCUT2D eigenvalue weighted by Gasteiger charge is -2.29. The van der Waals surface area contributed by atoms with Crippen molar-refractivity contribution in [1.82, 2.24) is 0 Å². The van der Waals surface area contributed by atoms with E-state index in [1.165, 1.54) is 6.07 Å². The molecule has 18 heavy (non-hydrogen) atoms. The monoisotopic (exact) mass is 258 g/mol. The fourth-order valence-electron chi connectivity index (χ4n) is 1.86. The summed E-state index contributed by atoms with van der Waals surface area (Å²) in [5, 5.41) is 5.45. The van der Waals surface area contributed by atoms with Gasteiger partial charge in [0.25, 0.3) is 0 Å². The number of carbonyl (C=O) groups is 1. The zero-order chi connectivity index (χ0) is 13.5. The molecule has 1 atom stereocenters. The smallest absolute Gasteiger partial charge is 0.372 e. The number of rotatable bonds is 1. The Bertz CT molecular complexity index is 483. The molecule has 2 N–H and O–H groups in total. The van der Waals surface area contributed by atoms with Crippen molar-refractivity contribution < 1.29 is 18.0 Å². The van der Waals surface area contributed by atoms with E-state index in [0.29, 0.717) is 5.69 Å². The first-order valence-electron chi connectivity index (χ1n) is 5.57. The van der Waals surface area contributed by atoms with Crippen LogP contribution in [0, 0.1) is 5.92 Å². The van der Waals surface area contributed by atoms with E-state index in [0.717, 1.165) is 12.1 Å². The van der Waals surface area contributed by atoms with E-state index in [1.54, 1.807) is 0 Å². The Kier molecular flexibility index (Phi) is 2.96. The number of hydrogen-bond donors (Lipinski definition) is 2. The molecule has 98 valence electrons. The summed E-state index contributed by atoms with van der Waals surface area (Å²) in [6.07, 6.45) is -4.41. The van der Waals surface area contributed by atoms with Gasteiger partial charge < -0.3 is 10.6 Å². The van der Waals surface area contributed by atoms with E-state index < -0.39 is 17.8 Å². The summed E-state index contributed by atoms with van der Waals surface area (Å²) in [7, 11) is 0. The molecule has 2 rings (SSSR count). The topological polar surface area (TPSA) is 41.1 Å². The molecule has 0 aliphatic carbocycles. The Hall–Kier alpha value is -1.72. The Morgan fingerprint density at radius 3 is 2.44 bits per heavy atom. The van der Waals surface area contributed by atoms with Gasteiger partial charge in [-0.25, -0.2) is 0 Å². The summed E-state index contributed by atoms with van der Waals surface area (Å²) in [5.74, 6) is -0.253. The molecule has 1 amide bonds. The molecular weight excluding hydrogens is 245 g/mol. The Morgan fingerprint density at radius 1 is 1.22 bits per heavy atom. The maximum Gasteiger partial charge on any atom is 0.416 e. The number of anilines is 2. The van der Waals surface area contributed by atoms with Crippen LogP contribution < -0.4 is 10.6 Å². The van der Waals surface area contributed by atoms with Gasteiger partial charge in [-0.1, -0.05) is 13.8 Å². The fraction of sp³-hybridized carbons (Fsp3) is 0.417. The number of amides is 1. The fourth-order valence-corrected chi connectivity index (χ4v) is 1.86. The van der Waals surface area contributed by atoms with Crippen molar-refractivity contribution in [2.45, 2.75) is 26.1 Å². The molecular formula is C12H13F3N2O. The van der Waals surface area contributed by atoms with Crippen LogP contribution in [0.2, 0.25) is 0 Å². The summed E-state index contributed by atoms with van der Waals surface area (Å²) in [6.45, 7) is 3.73. The molecule has 0 saturated carbocycles. The lowest BCUT2D eigenvalue weighted by atomic mass is 10.00. The van der Waals surface area contributed by atoms with E-state index in [2.05, 4.69) is 10.6 Å². The predicted octanol–water partition coefficient (Wildman–Crippen LogP) is 3.09. The minimum absolute atomic E-state index is 0.0560. The summed E-state index contributed by atoms with van der Waals surface area (Å²) >= 11 is 0. The van der Waals surface area contributed by atoms with Crippen LogP contribution in [-0.2, 0) is 11.0 Å². The van der Waals surface area contributed by atoms with Crippen LogP contribution in [0.4, 0.5) is 24.5 Å². The van der Waals surface area contributed by atoms with Gasteiger partial charge in [0.15, 0.2) is 0 Å². The molecule has 1 heterocycles. The highest BCUT2D eigenvalue weighted by atomic mass is 19.4. The predicted molar refractivity (Wildman–Crippen MR) is 62.3 cm³/mol. The molecule has 1 aliphatic heterocycles. The van der Waals surface area contributed by atoms with E-state index in [4.69, 9.17) is 0 Å². The van der Waals surface area contributed by atoms with Crippen molar-refractivity contribution in [3.05, 3.63) is 23.8 Å². The molecule has 1 aromatic carbocycles. The van der Waals surface area contributed by atoms with Crippen molar-refractivity contribution in [3.8, 4) is 0 Å². The van der Waals surface area contributed by atoms with E-state index in [-0.39, 0.29) is 17.5 Å². The molecule has 0 aromatic heterocycles. The van der Waals surface area contributed by atoms with Gasteiger partial charge in [-0.3, -0.25) is 4.79 Å². The van der Waals surface area contributed by atoms with Crippen molar-refractivity contribution in [1.29, 1.82) is 0 Å². The quantitative estimate of drug-likeness (QED) is 0.812. The average molecular weight is 258 g/mol.